The minimum atomic E-state index is -0.734. The van der Waals surface area contributed by atoms with Crippen molar-refractivity contribution in [1.29, 1.82) is 0 Å². The summed E-state index contributed by atoms with van der Waals surface area (Å²) in [7, 11) is 0. The van der Waals surface area contributed by atoms with Gasteiger partial charge in [0.15, 0.2) is 12.4 Å². The van der Waals surface area contributed by atoms with Crippen LogP contribution in [0.15, 0.2) is 53.0 Å². The molecule has 0 aliphatic rings. The molecule has 2 aromatic carbocycles. The van der Waals surface area contributed by atoms with Crippen molar-refractivity contribution in [3.05, 3.63) is 63.1 Å². The van der Waals surface area contributed by atoms with E-state index >= 15 is 0 Å². The van der Waals surface area contributed by atoms with Gasteiger partial charge in [-0.1, -0.05) is 28.1 Å². The predicted octanol–water partition coefficient (Wildman–Crippen LogP) is 3.08. The summed E-state index contributed by atoms with van der Waals surface area (Å²) < 4.78 is 5.94. The number of ether oxygens (including phenoxy) is 1. The summed E-state index contributed by atoms with van der Waals surface area (Å²) in [5.41, 5.74) is 0.243. The Hall–Kier alpha value is -2.94. The van der Waals surface area contributed by atoms with Crippen molar-refractivity contribution in [2.24, 2.45) is 0 Å². The number of imide groups is 1. The Morgan fingerprint density at radius 2 is 1.79 bits per heavy atom. The van der Waals surface area contributed by atoms with Crippen LogP contribution in [0.4, 0.5) is 16.2 Å². The predicted molar refractivity (Wildman–Crippen MR) is 89.9 cm³/mol. The average Bonchev–Trinajstić information content (AvgIpc) is 2.55. The molecular weight excluding hydrogens is 382 g/mol. The second kappa shape index (κ2) is 8.06. The number of para-hydroxylation sites is 2. The summed E-state index contributed by atoms with van der Waals surface area (Å²) in [6.45, 7) is -0.529. The van der Waals surface area contributed by atoms with Gasteiger partial charge in [0.1, 0.15) is 0 Å². The van der Waals surface area contributed by atoms with Crippen molar-refractivity contribution in [3.8, 4) is 5.75 Å². The van der Waals surface area contributed by atoms with Crippen molar-refractivity contribution in [1.82, 2.24) is 5.32 Å². The third kappa shape index (κ3) is 5.06. The summed E-state index contributed by atoms with van der Waals surface area (Å²) in [4.78, 5) is 33.6. The number of amides is 3. The van der Waals surface area contributed by atoms with Crippen LogP contribution in [0.5, 0.6) is 5.75 Å². The summed E-state index contributed by atoms with van der Waals surface area (Å²) >= 11 is 3.26. The van der Waals surface area contributed by atoms with Crippen LogP contribution in [0.3, 0.4) is 0 Å². The van der Waals surface area contributed by atoms with E-state index in [0.717, 1.165) is 4.47 Å². The van der Waals surface area contributed by atoms with Crippen LogP contribution in [-0.4, -0.2) is 23.5 Å². The van der Waals surface area contributed by atoms with Gasteiger partial charge in [0.2, 0.25) is 0 Å². The molecule has 0 fully saturated rings. The van der Waals surface area contributed by atoms with E-state index < -0.39 is 23.5 Å². The topological polar surface area (TPSA) is 111 Å². The van der Waals surface area contributed by atoms with Crippen molar-refractivity contribution >= 4 is 39.2 Å². The van der Waals surface area contributed by atoms with Gasteiger partial charge in [0, 0.05) is 16.2 Å². The molecule has 0 heterocycles. The third-order valence-corrected chi connectivity index (χ3v) is 3.30. The molecule has 0 saturated carbocycles. The molecule has 0 aliphatic heterocycles. The number of carbonyl (C=O) groups is 2. The van der Waals surface area contributed by atoms with E-state index in [1.807, 2.05) is 0 Å². The monoisotopic (exact) mass is 393 g/mol. The number of hydrogen-bond acceptors (Lipinski definition) is 5. The van der Waals surface area contributed by atoms with E-state index in [0.29, 0.717) is 5.69 Å². The first-order valence-corrected chi connectivity index (χ1v) is 7.47. The largest absolute Gasteiger partial charge is 0.477 e. The molecule has 2 aromatic rings. The van der Waals surface area contributed by atoms with Crippen LogP contribution in [0.2, 0.25) is 0 Å². The number of anilines is 1. The lowest BCUT2D eigenvalue weighted by atomic mass is 10.3. The van der Waals surface area contributed by atoms with Gasteiger partial charge in [-0.05, 0) is 30.3 Å². The Morgan fingerprint density at radius 1 is 1.12 bits per heavy atom. The minimum Gasteiger partial charge on any atom is -0.477 e. The average molecular weight is 394 g/mol. The van der Waals surface area contributed by atoms with Crippen LogP contribution < -0.4 is 15.4 Å². The summed E-state index contributed by atoms with van der Waals surface area (Å²) in [6.07, 6.45) is 0. The van der Waals surface area contributed by atoms with E-state index in [1.54, 1.807) is 30.3 Å². The van der Waals surface area contributed by atoms with Gasteiger partial charge in [-0.2, -0.15) is 0 Å². The van der Waals surface area contributed by atoms with Crippen molar-refractivity contribution in [2.45, 2.75) is 0 Å². The highest BCUT2D eigenvalue weighted by Gasteiger charge is 2.15. The Balaban J connectivity index is 1.86. The standard InChI is InChI=1S/C15H12BrN3O5/c16-10-5-7-11(8-6-10)17-15(21)18-14(20)9-24-13-4-2-1-3-12(13)19(22)23/h1-8H,9H2,(H2,17,18,20,21). The van der Waals surface area contributed by atoms with Crippen molar-refractivity contribution in [3.63, 3.8) is 0 Å². The Morgan fingerprint density at radius 3 is 2.46 bits per heavy atom. The smallest absolute Gasteiger partial charge is 0.325 e. The number of nitro groups is 1. The maximum atomic E-state index is 11.7. The minimum absolute atomic E-state index is 0.0500. The number of rotatable bonds is 5. The molecule has 0 spiro atoms. The number of urea groups is 1. The zero-order valence-corrected chi connectivity index (χ0v) is 13.8. The van der Waals surface area contributed by atoms with Gasteiger partial charge in [0.05, 0.1) is 4.92 Å². The summed E-state index contributed by atoms with van der Waals surface area (Å²) in [6, 6.07) is 11.7. The first kappa shape index (κ1) is 17.4. The van der Waals surface area contributed by atoms with E-state index in [1.165, 1.54) is 18.2 Å². The fraction of sp³-hybridized carbons (Fsp3) is 0.0667. The second-order valence-corrected chi connectivity index (χ2v) is 5.44. The van der Waals surface area contributed by atoms with Gasteiger partial charge >= 0.3 is 11.7 Å². The number of benzene rings is 2. The van der Waals surface area contributed by atoms with Gasteiger partial charge in [-0.25, -0.2) is 4.79 Å². The van der Waals surface area contributed by atoms with E-state index in [-0.39, 0.29) is 11.4 Å². The fourth-order valence-electron chi connectivity index (χ4n) is 1.73. The molecule has 0 bridgehead atoms. The van der Waals surface area contributed by atoms with Crippen molar-refractivity contribution < 1.29 is 19.2 Å². The van der Waals surface area contributed by atoms with Crippen molar-refractivity contribution in [2.75, 3.05) is 11.9 Å². The van der Waals surface area contributed by atoms with E-state index in [4.69, 9.17) is 4.74 Å². The maximum absolute atomic E-state index is 11.7. The molecule has 2 N–H and O–H groups in total. The number of nitrogens with one attached hydrogen (secondary N) is 2. The number of hydrogen-bond donors (Lipinski definition) is 2. The molecule has 124 valence electrons. The molecular formula is C15H12BrN3O5. The maximum Gasteiger partial charge on any atom is 0.325 e. The van der Waals surface area contributed by atoms with E-state index in [9.17, 15) is 19.7 Å². The van der Waals surface area contributed by atoms with E-state index in [2.05, 4.69) is 26.6 Å². The SMILES string of the molecule is O=C(COc1ccccc1[N+](=O)[O-])NC(=O)Nc1ccc(Br)cc1. The zero-order valence-electron chi connectivity index (χ0n) is 12.2. The highest BCUT2D eigenvalue weighted by Crippen LogP contribution is 2.25. The Bertz CT molecular complexity index is 764. The normalized spacial score (nSPS) is 9.88. The van der Waals surface area contributed by atoms with Gasteiger partial charge in [-0.15, -0.1) is 0 Å². The van der Waals surface area contributed by atoms with Gasteiger partial charge < -0.3 is 10.1 Å². The zero-order chi connectivity index (χ0) is 17.5. The van der Waals surface area contributed by atoms with Crippen LogP contribution in [0.1, 0.15) is 0 Å². The Labute approximate surface area is 145 Å². The number of nitrogens with zero attached hydrogens (tertiary/aromatic N) is 1. The summed E-state index contributed by atoms with van der Waals surface area (Å²) in [5, 5.41) is 15.4. The summed E-state index contributed by atoms with van der Waals surface area (Å²) in [5.74, 6) is -0.784. The molecule has 0 radical (unpaired) electrons. The quantitative estimate of drug-likeness (QED) is 0.598. The highest BCUT2D eigenvalue weighted by molar-refractivity contribution is 9.10. The lowest BCUT2D eigenvalue weighted by Gasteiger charge is -2.08. The molecule has 0 unspecified atom stereocenters. The number of nitro benzene ring substituents is 1. The second-order valence-electron chi connectivity index (χ2n) is 4.52. The molecule has 9 heteroatoms. The van der Waals surface area contributed by atoms with Gasteiger partial charge in [-0.3, -0.25) is 20.2 Å². The first-order chi connectivity index (χ1) is 11.5. The lowest BCUT2D eigenvalue weighted by Crippen LogP contribution is -2.37. The molecule has 2 rings (SSSR count). The van der Waals surface area contributed by atoms with Crippen LogP contribution >= 0.6 is 15.9 Å². The number of carbonyl (C=O) groups excluding carboxylic acids is 2. The molecule has 0 aliphatic carbocycles. The lowest BCUT2D eigenvalue weighted by molar-refractivity contribution is -0.385. The van der Waals surface area contributed by atoms with Crippen LogP contribution in [0.25, 0.3) is 0 Å². The molecule has 0 atom stereocenters. The molecule has 3 amide bonds. The molecule has 0 aromatic heterocycles. The molecule has 8 nitrogen and oxygen atoms in total. The molecule has 0 saturated heterocycles. The van der Waals surface area contributed by atoms with Gasteiger partial charge in [0.25, 0.3) is 5.91 Å². The molecule has 24 heavy (non-hydrogen) atoms. The van der Waals surface area contributed by atoms with Crippen LogP contribution in [-0.2, 0) is 4.79 Å². The fourth-order valence-corrected chi connectivity index (χ4v) is 2.00. The highest BCUT2D eigenvalue weighted by atomic mass is 79.9. The third-order valence-electron chi connectivity index (χ3n) is 2.78. The first-order valence-electron chi connectivity index (χ1n) is 6.68. The number of halogens is 1. The Kier molecular flexibility index (Phi) is 5.85. The van der Waals surface area contributed by atoms with Crippen LogP contribution in [0, 0.1) is 10.1 Å².